The van der Waals surface area contributed by atoms with Crippen LogP contribution in [0, 0.1) is 11.3 Å². The van der Waals surface area contributed by atoms with Crippen molar-refractivity contribution in [2.75, 3.05) is 19.6 Å². The SMILES string of the molecule is CCC1CN2CCCC2CN1Cc1cn2ccccc2c1C#N. The quantitative estimate of drug-likeness (QED) is 0.874. The van der Waals surface area contributed by atoms with Crippen molar-refractivity contribution < 1.29 is 0 Å². The molecule has 2 aromatic heterocycles. The van der Waals surface area contributed by atoms with Gasteiger partial charge in [0, 0.05) is 49.7 Å². The fourth-order valence-corrected chi connectivity index (χ4v) is 4.37. The molecule has 4 heterocycles. The van der Waals surface area contributed by atoms with Crippen LogP contribution in [0.5, 0.6) is 0 Å². The van der Waals surface area contributed by atoms with E-state index in [-0.39, 0.29) is 0 Å². The zero-order valence-corrected chi connectivity index (χ0v) is 13.8. The lowest BCUT2D eigenvalue weighted by Crippen LogP contribution is -2.55. The van der Waals surface area contributed by atoms with E-state index in [1.165, 1.54) is 37.9 Å². The van der Waals surface area contributed by atoms with Crippen LogP contribution in [0.2, 0.25) is 0 Å². The summed E-state index contributed by atoms with van der Waals surface area (Å²) in [7, 11) is 0. The number of hydrogen-bond donors (Lipinski definition) is 0. The predicted octanol–water partition coefficient (Wildman–Crippen LogP) is 2.87. The second-order valence-electron chi connectivity index (χ2n) is 6.92. The molecule has 0 spiro atoms. The Balaban J connectivity index is 1.63. The molecule has 0 radical (unpaired) electrons. The van der Waals surface area contributed by atoms with Gasteiger partial charge < -0.3 is 4.40 Å². The van der Waals surface area contributed by atoms with Crippen molar-refractivity contribution in [2.45, 2.75) is 44.8 Å². The Morgan fingerprint density at radius 2 is 2.22 bits per heavy atom. The number of fused-ring (bicyclic) bond motifs is 2. The summed E-state index contributed by atoms with van der Waals surface area (Å²) in [6.07, 6.45) is 8.02. The van der Waals surface area contributed by atoms with Gasteiger partial charge in [-0.15, -0.1) is 0 Å². The number of nitrogens with zero attached hydrogens (tertiary/aromatic N) is 4. The third kappa shape index (κ3) is 2.54. The number of piperazine rings is 1. The van der Waals surface area contributed by atoms with E-state index in [2.05, 4.69) is 33.4 Å². The first-order valence-corrected chi connectivity index (χ1v) is 8.77. The van der Waals surface area contributed by atoms with Crippen molar-refractivity contribution in [2.24, 2.45) is 0 Å². The molecule has 2 aliphatic heterocycles. The first-order chi connectivity index (χ1) is 11.3. The predicted molar refractivity (Wildman–Crippen MR) is 91.2 cm³/mol. The van der Waals surface area contributed by atoms with Gasteiger partial charge in [-0.25, -0.2) is 0 Å². The van der Waals surface area contributed by atoms with Gasteiger partial charge in [-0.2, -0.15) is 5.26 Å². The molecule has 0 saturated carbocycles. The molecular weight excluding hydrogens is 284 g/mol. The molecule has 2 aliphatic rings. The summed E-state index contributed by atoms with van der Waals surface area (Å²) < 4.78 is 2.08. The summed E-state index contributed by atoms with van der Waals surface area (Å²) in [6, 6.07) is 9.82. The molecule has 0 bridgehead atoms. The van der Waals surface area contributed by atoms with Crippen LogP contribution >= 0.6 is 0 Å². The van der Waals surface area contributed by atoms with Gasteiger partial charge in [-0.1, -0.05) is 13.0 Å². The smallest absolute Gasteiger partial charge is 0.102 e. The van der Waals surface area contributed by atoms with Crippen molar-refractivity contribution in [3.8, 4) is 6.07 Å². The third-order valence-electron chi connectivity index (χ3n) is 5.62. The lowest BCUT2D eigenvalue weighted by Gasteiger charge is -2.43. The molecule has 0 aliphatic carbocycles. The van der Waals surface area contributed by atoms with E-state index in [0.717, 1.165) is 30.2 Å². The lowest BCUT2D eigenvalue weighted by atomic mass is 10.0. The van der Waals surface area contributed by atoms with Gasteiger partial charge in [0.1, 0.15) is 6.07 Å². The van der Waals surface area contributed by atoms with Crippen molar-refractivity contribution in [1.82, 2.24) is 14.2 Å². The number of nitriles is 1. The minimum atomic E-state index is 0.610. The Labute approximate surface area is 137 Å². The molecule has 4 heteroatoms. The van der Waals surface area contributed by atoms with Crippen LogP contribution in [-0.2, 0) is 6.54 Å². The van der Waals surface area contributed by atoms with Gasteiger partial charge in [0.25, 0.3) is 0 Å². The standard InChI is InChI=1S/C19H24N4/c1-2-16-13-21-9-5-6-17(21)14-23(16)12-15-11-22-8-4-3-7-19(22)18(15)10-20/h3-4,7-8,11,16-17H,2,5-6,9,12-14H2,1H3. The first kappa shape index (κ1) is 14.7. The average Bonchev–Trinajstić information content (AvgIpc) is 3.16. The van der Waals surface area contributed by atoms with Gasteiger partial charge in [0.2, 0.25) is 0 Å². The molecule has 2 fully saturated rings. The maximum absolute atomic E-state index is 9.62. The molecule has 4 nitrogen and oxygen atoms in total. The first-order valence-electron chi connectivity index (χ1n) is 8.77. The molecule has 120 valence electrons. The Hall–Kier alpha value is -1.83. The molecule has 2 aromatic rings. The summed E-state index contributed by atoms with van der Waals surface area (Å²) in [5, 5.41) is 9.62. The molecule has 2 saturated heterocycles. The minimum absolute atomic E-state index is 0.610. The van der Waals surface area contributed by atoms with Crippen molar-refractivity contribution in [3.63, 3.8) is 0 Å². The Morgan fingerprint density at radius 3 is 3.04 bits per heavy atom. The van der Waals surface area contributed by atoms with Gasteiger partial charge in [-0.3, -0.25) is 9.80 Å². The Morgan fingerprint density at radius 1 is 1.30 bits per heavy atom. The van der Waals surface area contributed by atoms with E-state index < -0.39 is 0 Å². The van der Waals surface area contributed by atoms with Crippen LogP contribution in [0.3, 0.4) is 0 Å². The highest BCUT2D eigenvalue weighted by Crippen LogP contribution is 2.28. The van der Waals surface area contributed by atoms with Crippen LogP contribution < -0.4 is 0 Å². The Bertz CT molecular complexity index is 741. The van der Waals surface area contributed by atoms with Crippen LogP contribution in [-0.4, -0.2) is 45.9 Å². The van der Waals surface area contributed by atoms with Gasteiger partial charge in [0.15, 0.2) is 0 Å². The summed E-state index contributed by atoms with van der Waals surface area (Å²) >= 11 is 0. The average molecular weight is 308 g/mol. The summed E-state index contributed by atoms with van der Waals surface area (Å²) in [5.41, 5.74) is 3.04. The maximum atomic E-state index is 9.62. The van der Waals surface area contributed by atoms with E-state index in [1.807, 2.05) is 24.4 Å². The van der Waals surface area contributed by atoms with Crippen LogP contribution in [0.1, 0.15) is 37.3 Å². The lowest BCUT2D eigenvalue weighted by molar-refractivity contribution is 0.0437. The van der Waals surface area contributed by atoms with Gasteiger partial charge >= 0.3 is 0 Å². The monoisotopic (exact) mass is 308 g/mol. The number of hydrogen-bond acceptors (Lipinski definition) is 3. The second kappa shape index (κ2) is 5.99. The van der Waals surface area contributed by atoms with Crippen molar-refractivity contribution in [1.29, 1.82) is 5.26 Å². The molecule has 4 rings (SSSR count). The van der Waals surface area contributed by atoms with E-state index in [4.69, 9.17) is 0 Å². The third-order valence-corrected chi connectivity index (χ3v) is 5.62. The van der Waals surface area contributed by atoms with Gasteiger partial charge in [-0.05, 0) is 37.9 Å². The second-order valence-corrected chi connectivity index (χ2v) is 6.92. The molecule has 2 unspecified atom stereocenters. The van der Waals surface area contributed by atoms with Crippen molar-refractivity contribution >= 4 is 5.52 Å². The highest BCUT2D eigenvalue weighted by atomic mass is 15.3. The molecule has 0 aromatic carbocycles. The largest absolute Gasteiger partial charge is 0.322 e. The number of aromatic nitrogens is 1. The molecule has 0 N–H and O–H groups in total. The molecule has 0 amide bonds. The minimum Gasteiger partial charge on any atom is -0.322 e. The maximum Gasteiger partial charge on any atom is 0.102 e. The zero-order chi connectivity index (χ0) is 15.8. The normalized spacial score (nSPS) is 25.6. The molecule has 2 atom stereocenters. The fraction of sp³-hybridized carbons (Fsp3) is 0.526. The van der Waals surface area contributed by atoms with E-state index in [9.17, 15) is 5.26 Å². The summed E-state index contributed by atoms with van der Waals surface area (Å²) in [4.78, 5) is 5.29. The van der Waals surface area contributed by atoms with E-state index in [0.29, 0.717) is 6.04 Å². The summed E-state index contributed by atoms with van der Waals surface area (Å²) in [5.74, 6) is 0. The Kier molecular flexibility index (Phi) is 3.84. The van der Waals surface area contributed by atoms with Crippen molar-refractivity contribution in [3.05, 3.63) is 41.7 Å². The number of pyridine rings is 1. The summed E-state index contributed by atoms with van der Waals surface area (Å²) in [6.45, 7) is 6.80. The fourth-order valence-electron chi connectivity index (χ4n) is 4.37. The van der Waals surface area contributed by atoms with Crippen LogP contribution in [0.25, 0.3) is 5.52 Å². The van der Waals surface area contributed by atoms with Crippen LogP contribution in [0.15, 0.2) is 30.6 Å². The van der Waals surface area contributed by atoms with E-state index in [1.54, 1.807) is 0 Å². The molecule has 23 heavy (non-hydrogen) atoms. The van der Waals surface area contributed by atoms with E-state index >= 15 is 0 Å². The zero-order valence-electron chi connectivity index (χ0n) is 13.8. The highest BCUT2D eigenvalue weighted by molar-refractivity contribution is 5.65. The van der Waals surface area contributed by atoms with Crippen LogP contribution in [0.4, 0.5) is 0 Å². The highest BCUT2D eigenvalue weighted by Gasteiger charge is 2.35. The van der Waals surface area contributed by atoms with Gasteiger partial charge in [0.05, 0.1) is 11.1 Å². The topological polar surface area (TPSA) is 34.7 Å². The molecular formula is C19H24N4. The number of rotatable bonds is 3.